The van der Waals surface area contributed by atoms with Crippen LogP contribution in [0, 0.1) is 0 Å². The van der Waals surface area contributed by atoms with E-state index in [0.717, 1.165) is 6.07 Å². The number of furan rings is 1. The van der Waals surface area contributed by atoms with E-state index in [4.69, 9.17) is 8.97 Å². The normalized spacial score (nSPS) is 10.2. The fraction of sp³-hybridized carbons (Fsp3) is 0. The van der Waals surface area contributed by atoms with Crippen LogP contribution in [-0.4, -0.2) is 28.2 Å². The minimum absolute atomic E-state index is 0. The molecule has 0 aliphatic rings. The van der Waals surface area contributed by atoms with Crippen LogP contribution in [0.25, 0.3) is 11.6 Å². The summed E-state index contributed by atoms with van der Waals surface area (Å²) in [5, 5.41) is 6.61. The van der Waals surface area contributed by atoms with Crippen molar-refractivity contribution in [1.82, 2.24) is 15.2 Å². The van der Waals surface area contributed by atoms with Crippen LogP contribution in [0.4, 0.5) is 0 Å². The minimum atomic E-state index is -4.33. The fourth-order valence-corrected chi connectivity index (χ4v) is 1.37. The molecule has 0 aliphatic heterocycles. The molecule has 17 heavy (non-hydrogen) atoms. The van der Waals surface area contributed by atoms with Gasteiger partial charge in [0, 0.05) is 6.20 Å². The largest absolute Gasteiger partial charge is 1.00 e. The van der Waals surface area contributed by atoms with Crippen LogP contribution in [0.15, 0.2) is 34.0 Å². The van der Waals surface area contributed by atoms with Gasteiger partial charge in [0.2, 0.25) is 10.9 Å². The summed E-state index contributed by atoms with van der Waals surface area (Å²) in [5.41, 5.74) is 0. The molecule has 0 saturated carbocycles. The molecular weight excluding hydrogens is 268 g/mol. The first-order chi connectivity index (χ1) is 7.07. The first-order valence-corrected chi connectivity index (χ1v) is 5.23. The van der Waals surface area contributed by atoms with Crippen molar-refractivity contribution >= 4 is 10.1 Å². The van der Waals surface area contributed by atoms with Crippen molar-refractivity contribution in [2.45, 2.75) is 5.09 Å². The maximum absolute atomic E-state index is 10.7. The topological polar surface area (TPSA) is 106 Å². The van der Waals surface area contributed by atoms with Crippen molar-refractivity contribution in [2.24, 2.45) is 0 Å². The van der Waals surface area contributed by atoms with Crippen molar-refractivity contribution in [3.8, 4) is 11.6 Å². The second-order valence-electron chi connectivity index (χ2n) is 2.56. The van der Waals surface area contributed by atoms with Crippen molar-refractivity contribution < 1.29 is 79.4 Å². The van der Waals surface area contributed by atoms with E-state index in [9.17, 15) is 8.42 Å². The van der Waals surface area contributed by atoms with Crippen LogP contribution < -0.4 is 59.1 Å². The van der Waals surface area contributed by atoms with E-state index in [0.29, 0.717) is 0 Å². The summed E-state index contributed by atoms with van der Waals surface area (Å²) >= 11 is 0. The molecule has 7 nitrogen and oxygen atoms in total. The standard InChI is InChI=1S/C7H5N3O4S.2Na.2H/c11-15(12,13)6-2-1-5(14-6)7-8-3-4-9-10-7;;;;/h1-4H,(H,11,12,13);;;;/q;2*+1;2*-1. The molecule has 2 heterocycles. The van der Waals surface area contributed by atoms with Gasteiger partial charge >= 0.3 is 69.2 Å². The van der Waals surface area contributed by atoms with Gasteiger partial charge in [0.1, 0.15) is 0 Å². The summed E-state index contributed by atoms with van der Waals surface area (Å²) in [6, 6.07) is 2.45. The number of hydrogen-bond acceptors (Lipinski definition) is 6. The molecule has 2 rings (SSSR count). The Morgan fingerprint density at radius 1 is 1.24 bits per heavy atom. The minimum Gasteiger partial charge on any atom is -1.00 e. The molecule has 0 bridgehead atoms. The van der Waals surface area contributed by atoms with Crippen LogP contribution in [0.5, 0.6) is 0 Å². The van der Waals surface area contributed by atoms with Gasteiger partial charge in [0.15, 0.2) is 5.76 Å². The van der Waals surface area contributed by atoms with Crippen LogP contribution >= 0.6 is 0 Å². The zero-order chi connectivity index (χ0) is 10.9. The molecule has 0 spiro atoms. The number of aromatic nitrogens is 3. The van der Waals surface area contributed by atoms with Gasteiger partial charge in [-0.05, 0) is 12.1 Å². The van der Waals surface area contributed by atoms with Crippen molar-refractivity contribution in [1.29, 1.82) is 0 Å². The van der Waals surface area contributed by atoms with E-state index in [1.54, 1.807) is 0 Å². The van der Waals surface area contributed by atoms with E-state index in [-0.39, 0.29) is 73.6 Å². The fourth-order valence-electron chi connectivity index (χ4n) is 0.939. The van der Waals surface area contributed by atoms with Gasteiger partial charge in [-0.15, -0.1) is 5.10 Å². The van der Waals surface area contributed by atoms with Crippen molar-refractivity contribution in [3.63, 3.8) is 0 Å². The monoisotopic (exact) mass is 275 g/mol. The van der Waals surface area contributed by atoms with Crippen molar-refractivity contribution in [2.75, 3.05) is 0 Å². The smallest absolute Gasteiger partial charge is 1.00 e. The molecule has 10 heteroatoms. The van der Waals surface area contributed by atoms with Crippen LogP contribution in [-0.2, 0) is 10.1 Å². The van der Waals surface area contributed by atoms with Gasteiger partial charge in [-0.1, -0.05) is 0 Å². The van der Waals surface area contributed by atoms with Gasteiger partial charge in [-0.25, -0.2) is 4.98 Å². The predicted octanol–water partition coefficient (Wildman–Crippen LogP) is -5.39. The SMILES string of the molecule is O=S(=O)(O)c1ccc(-c2nccnn2)o1.[H-].[H-].[Na+].[Na+]. The van der Waals surface area contributed by atoms with Gasteiger partial charge in [0.05, 0.1) is 6.20 Å². The Kier molecular flexibility index (Phi) is 7.04. The van der Waals surface area contributed by atoms with E-state index in [1.165, 1.54) is 18.5 Å². The molecule has 2 aromatic heterocycles. The van der Waals surface area contributed by atoms with Gasteiger partial charge in [0.25, 0.3) is 0 Å². The summed E-state index contributed by atoms with van der Waals surface area (Å²) in [6.45, 7) is 0. The van der Waals surface area contributed by atoms with Crippen LogP contribution in [0.1, 0.15) is 2.85 Å². The molecule has 0 radical (unpaired) electrons. The Balaban J connectivity index is -0.000000640. The van der Waals surface area contributed by atoms with Gasteiger partial charge < -0.3 is 7.27 Å². The molecule has 0 saturated heterocycles. The molecule has 82 valence electrons. The van der Waals surface area contributed by atoms with Crippen molar-refractivity contribution in [3.05, 3.63) is 24.5 Å². The second-order valence-corrected chi connectivity index (χ2v) is 3.91. The maximum atomic E-state index is 10.7. The Hall–Kier alpha value is 0.200. The summed E-state index contributed by atoms with van der Waals surface area (Å²) in [4.78, 5) is 3.80. The summed E-state index contributed by atoms with van der Waals surface area (Å²) in [5.74, 6) is 0.267. The average Bonchev–Trinajstić information content (AvgIpc) is 2.67. The molecule has 0 atom stereocenters. The number of hydrogen-bond donors (Lipinski definition) is 1. The molecule has 1 N–H and O–H groups in total. The third-order valence-electron chi connectivity index (χ3n) is 1.54. The van der Waals surface area contributed by atoms with Crippen LogP contribution in [0.2, 0.25) is 0 Å². The van der Waals surface area contributed by atoms with Gasteiger partial charge in [-0.2, -0.15) is 13.5 Å². The third kappa shape index (κ3) is 4.42. The average molecular weight is 275 g/mol. The van der Waals surface area contributed by atoms with E-state index >= 15 is 0 Å². The first kappa shape index (κ1) is 17.2. The molecule has 2 aromatic rings. The zero-order valence-corrected chi connectivity index (χ0v) is 14.0. The molecule has 0 fully saturated rings. The molecule has 0 amide bonds. The maximum Gasteiger partial charge on any atom is 1.00 e. The quantitative estimate of drug-likeness (QED) is 0.430. The number of nitrogens with zero attached hydrogens (tertiary/aromatic N) is 3. The number of rotatable bonds is 2. The Morgan fingerprint density at radius 2 is 1.94 bits per heavy atom. The van der Waals surface area contributed by atoms with E-state index in [1.807, 2.05) is 0 Å². The van der Waals surface area contributed by atoms with E-state index < -0.39 is 15.2 Å². The molecule has 0 aliphatic carbocycles. The first-order valence-electron chi connectivity index (χ1n) is 3.79. The summed E-state index contributed by atoms with van der Waals surface area (Å²) in [7, 11) is -4.33. The molecule has 0 unspecified atom stereocenters. The van der Waals surface area contributed by atoms with Gasteiger partial charge in [-0.3, -0.25) is 4.55 Å². The zero-order valence-electron chi connectivity index (χ0n) is 11.2. The predicted molar refractivity (Wildman–Crippen MR) is 49.6 cm³/mol. The summed E-state index contributed by atoms with van der Waals surface area (Å²) in [6.07, 6.45) is 2.76. The second kappa shape index (κ2) is 6.95. The Morgan fingerprint density at radius 3 is 2.41 bits per heavy atom. The Bertz CT molecular complexity index is 581. The molecular formula is C7H7N3Na2O4S. The van der Waals surface area contributed by atoms with E-state index in [2.05, 4.69) is 15.2 Å². The summed E-state index contributed by atoms with van der Waals surface area (Å²) < 4.78 is 34.9. The van der Waals surface area contributed by atoms with Crippen LogP contribution in [0.3, 0.4) is 0 Å². The molecule has 0 aromatic carbocycles. The third-order valence-corrected chi connectivity index (χ3v) is 2.27. The Labute approximate surface area is 144 Å².